The van der Waals surface area contributed by atoms with Gasteiger partial charge in [-0.3, -0.25) is 4.79 Å². The normalized spacial score (nSPS) is 10.5. The molecule has 4 N–H and O–H groups in total. The second kappa shape index (κ2) is 5.83. The number of nitrogens with zero attached hydrogens (tertiary/aromatic N) is 3. The van der Waals surface area contributed by atoms with Crippen molar-refractivity contribution in [3.8, 4) is 0 Å². The molecule has 9 heteroatoms. The summed E-state index contributed by atoms with van der Waals surface area (Å²) in [6.07, 6.45) is 0. The molecule has 0 saturated carbocycles. The van der Waals surface area contributed by atoms with Gasteiger partial charge in [0.05, 0.1) is 0 Å². The van der Waals surface area contributed by atoms with Crippen molar-refractivity contribution in [2.45, 2.75) is 17.8 Å². The van der Waals surface area contributed by atoms with Crippen LogP contribution in [0.3, 0.4) is 0 Å². The van der Waals surface area contributed by atoms with Gasteiger partial charge in [0.2, 0.25) is 0 Å². The van der Waals surface area contributed by atoms with Gasteiger partial charge in [-0.25, -0.2) is 4.98 Å². The number of nitrogens with one attached hydrogen (secondary N) is 2. The van der Waals surface area contributed by atoms with Gasteiger partial charge >= 0.3 is 0 Å². The number of nitrogens with two attached hydrogens (primary N) is 1. The lowest BCUT2D eigenvalue weighted by Crippen LogP contribution is -2.09. The molecule has 7 nitrogen and oxygen atoms in total. The van der Waals surface area contributed by atoms with E-state index in [1.807, 2.05) is 6.92 Å². The van der Waals surface area contributed by atoms with Gasteiger partial charge in [-0.15, -0.1) is 5.10 Å². The third-order valence-corrected chi connectivity index (χ3v) is 3.59. The molecule has 0 aliphatic rings. The average Bonchev–Trinajstić information content (AvgIpc) is 2.73. The lowest BCUT2D eigenvalue weighted by atomic mass is 10.5. The minimum absolute atomic E-state index is 0.213. The van der Waals surface area contributed by atoms with Crippen LogP contribution in [0.2, 0.25) is 0 Å². The Kier molecular flexibility index (Phi) is 4.15. The standard InChI is InChI=1S/C9H12N6OS2/c1-2-11-8-5(14-15-18-8)4-17-9-12-6(10)3-7(16)13-9/h3,11H,2,4H2,1H3,(H3,10,12,13,16). The van der Waals surface area contributed by atoms with Crippen LogP contribution in [0.25, 0.3) is 0 Å². The molecule has 0 aliphatic carbocycles. The fourth-order valence-corrected chi connectivity index (χ4v) is 2.81. The van der Waals surface area contributed by atoms with Crippen molar-refractivity contribution in [1.82, 2.24) is 19.6 Å². The highest BCUT2D eigenvalue weighted by atomic mass is 32.2. The van der Waals surface area contributed by atoms with Crippen LogP contribution in [0.5, 0.6) is 0 Å². The predicted octanol–water partition coefficient (Wildman–Crippen LogP) is 0.928. The van der Waals surface area contributed by atoms with E-state index in [1.54, 1.807) is 0 Å². The molecule has 18 heavy (non-hydrogen) atoms. The largest absolute Gasteiger partial charge is 0.383 e. The summed E-state index contributed by atoms with van der Waals surface area (Å²) >= 11 is 2.68. The summed E-state index contributed by atoms with van der Waals surface area (Å²) in [5.41, 5.74) is 6.09. The predicted molar refractivity (Wildman–Crippen MR) is 72.9 cm³/mol. The minimum Gasteiger partial charge on any atom is -0.383 e. The zero-order chi connectivity index (χ0) is 13.0. The summed E-state index contributed by atoms with van der Waals surface area (Å²) in [7, 11) is 0. The lowest BCUT2D eigenvalue weighted by Gasteiger charge is -2.02. The Hall–Kier alpha value is -1.61. The Labute approximate surface area is 111 Å². The number of hydrogen-bond acceptors (Lipinski definition) is 8. The molecule has 0 spiro atoms. The lowest BCUT2D eigenvalue weighted by molar-refractivity contribution is 0.942. The number of aromatic nitrogens is 4. The third-order valence-electron chi connectivity index (χ3n) is 1.98. The van der Waals surface area contributed by atoms with Crippen molar-refractivity contribution < 1.29 is 0 Å². The molecule has 0 unspecified atom stereocenters. The van der Waals surface area contributed by atoms with Gasteiger partial charge in [-0.1, -0.05) is 16.3 Å². The Balaban J connectivity index is 2.06. The van der Waals surface area contributed by atoms with Gasteiger partial charge in [0, 0.05) is 29.9 Å². The van der Waals surface area contributed by atoms with Crippen LogP contribution in [0.4, 0.5) is 10.8 Å². The van der Waals surface area contributed by atoms with Crippen molar-refractivity contribution >= 4 is 34.1 Å². The second-order valence-corrected chi connectivity index (χ2v) is 5.06. The van der Waals surface area contributed by atoms with Gasteiger partial charge in [0.15, 0.2) is 5.16 Å². The molecule has 0 saturated heterocycles. The van der Waals surface area contributed by atoms with E-state index in [0.717, 1.165) is 17.2 Å². The van der Waals surface area contributed by atoms with Gasteiger partial charge in [-0.2, -0.15) is 0 Å². The molecule has 0 atom stereocenters. The summed E-state index contributed by atoms with van der Waals surface area (Å²) < 4.78 is 3.89. The van der Waals surface area contributed by atoms with Crippen LogP contribution in [-0.2, 0) is 5.75 Å². The minimum atomic E-state index is -0.256. The molecule has 0 radical (unpaired) electrons. The first-order chi connectivity index (χ1) is 8.69. The van der Waals surface area contributed by atoms with Gasteiger partial charge in [0.1, 0.15) is 16.5 Å². The molecule has 2 aromatic heterocycles. The molecule has 0 bridgehead atoms. The van der Waals surface area contributed by atoms with Crippen molar-refractivity contribution in [2.24, 2.45) is 0 Å². The monoisotopic (exact) mass is 284 g/mol. The summed E-state index contributed by atoms with van der Waals surface area (Å²) in [5.74, 6) is 0.787. The fraction of sp³-hybridized carbons (Fsp3) is 0.333. The highest BCUT2D eigenvalue weighted by Crippen LogP contribution is 2.24. The van der Waals surface area contributed by atoms with Crippen LogP contribution < -0.4 is 16.6 Å². The second-order valence-electron chi connectivity index (χ2n) is 3.34. The molecule has 96 valence electrons. The molecule has 2 heterocycles. The molecule has 0 aromatic carbocycles. The maximum absolute atomic E-state index is 11.2. The highest BCUT2D eigenvalue weighted by Gasteiger charge is 2.08. The van der Waals surface area contributed by atoms with Gasteiger partial charge in [-0.05, 0) is 6.92 Å². The average molecular weight is 284 g/mol. The van der Waals surface area contributed by atoms with Crippen molar-refractivity contribution in [3.05, 3.63) is 22.1 Å². The zero-order valence-corrected chi connectivity index (χ0v) is 11.3. The van der Waals surface area contributed by atoms with Crippen molar-refractivity contribution in [2.75, 3.05) is 17.6 Å². The van der Waals surface area contributed by atoms with E-state index in [-0.39, 0.29) is 11.4 Å². The highest BCUT2D eigenvalue weighted by molar-refractivity contribution is 7.98. The zero-order valence-electron chi connectivity index (χ0n) is 9.64. The Morgan fingerprint density at radius 2 is 2.44 bits per heavy atom. The number of hydrogen-bond donors (Lipinski definition) is 3. The Bertz CT molecular complexity index is 580. The molecule has 0 aliphatic heterocycles. The topological polar surface area (TPSA) is 110 Å². The number of H-pyrrole nitrogens is 1. The summed E-state index contributed by atoms with van der Waals surface area (Å²) in [4.78, 5) is 17.9. The van der Waals surface area contributed by atoms with Crippen molar-refractivity contribution in [3.63, 3.8) is 0 Å². The number of thioether (sulfide) groups is 1. The molecular weight excluding hydrogens is 272 g/mol. The third kappa shape index (κ3) is 3.20. The van der Waals surface area contributed by atoms with E-state index < -0.39 is 0 Å². The first-order valence-corrected chi connectivity index (χ1v) is 6.99. The molecule has 2 rings (SSSR count). The smallest absolute Gasteiger partial charge is 0.253 e. The first kappa shape index (κ1) is 12.8. The molecule has 0 fully saturated rings. The maximum atomic E-state index is 11.2. The van der Waals surface area contributed by atoms with Crippen LogP contribution in [-0.4, -0.2) is 26.1 Å². The SMILES string of the molecule is CCNc1snnc1CSc1nc(N)cc(=O)[nH]1. The van der Waals surface area contributed by atoms with E-state index in [9.17, 15) is 4.79 Å². The van der Waals surface area contributed by atoms with Gasteiger partial charge in [0.25, 0.3) is 5.56 Å². The summed E-state index contributed by atoms with van der Waals surface area (Å²) in [6.45, 7) is 2.82. The van der Waals surface area contributed by atoms with E-state index in [1.165, 1.54) is 29.4 Å². The molecule has 0 amide bonds. The fourth-order valence-electron chi connectivity index (χ4n) is 1.26. The van der Waals surface area contributed by atoms with Crippen LogP contribution >= 0.6 is 23.3 Å². The van der Waals surface area contributed by atoms with Gasteiger partial charge < -0.3 is 16.0 Å². The number of rotatable bonds is 5. The first-order valence-electron chi connectivity index (χ1n) is 5.23. The summed E-state index contributed by atoms with van der Waals surface area (Å²) in [6, 6.07) is 1.25. The van der Waals surface area contributed by atoms with E-state index in [0.29, 0.717) is 10.9 Å². The van der Waals surface area contributed by atoms with Crippen molar-refractivity contribution in [1.29, 1.82) is 0 Å². The Morgan fingerprint density at radius 1 is 1.61 bits per heavy atom. The van der Waals surface area contributed by atoms with Crippen LogP contribution in [0, 0.1) is 0 Å². The Morgan fingerprint density at radius 3 is 3.17 bits per heavy atom. The number of nitrogen functional groups attached to an aromatic ring is 1. The number of anilines is 2. The van der Waals surface area contributed by atoms with E-state index >= 15 is 0 Å². The van der Waals surface area contributed by atoms with Crippen LogP contribution in [0.1, 0.15) is 12.6 Å². The summed E-state index contributed by atoms with van der Waals surface area (Å²) in [5, 5.41) is 8.63. The maximum Gasteiger partial charge on any atom is 0.253 e. The van der Waals surface area contributed by atoms with E-state index in [4.69, 9.17) is 5.73 Å². The number of aromatic amines is 1. The molecular formula is C9H12N6OS2. The quantitative estimate of drug-likeness (QED) is 0.553. The van der Waals surface area contributed by atoms with E-state index in [2.05, 4.69) is 24.9 Å². The van der Waals surface area contributed by atoms with Crippen LogP contribution in [0.15, 0.2) is 16.0 Å². The molecule has 2 aromatic rings.